The van der Waals surface area contributed by atoms with Crippen LogP contribution in [-0.2, 0) is 22.9 Å². The molecule has 1 fully saturated rings. The third kappa shape index (κ3) is 4.64. The van der Waals surface area contributed by atoms with Gasteiger partial charge in [0.2, 0.25) is 0 Å². The van der Waals surface area contributed by atoms with Gasteiger partial charge in [0.1, 0.15) is 5.82 Å². The summed E-state index contributed by atoms with van der Waals surface area (Å²) < 4.78 is 111. The van der Waals surface area contributed by atoms with Crippen LogP contribution in [0.5, 0.6) is 11.5 Å². The van der Waals surface area contributed by atoms with Gasteiger partial charge in [0.15, 0.2) is 11.5 Å². The fourth-order valence-corrected chi connectivity index (χ4v) is 4.29. The fourth-order valence-electron chi connectivity index (χ4n) is 4.29. The highest BCUT2D eigenvalue weighted by molar-refractivity contribution is 5.95. The maximum atomic E-state index is 15.0. The van der Waals surface area contributed by atoms with Crippen molar-refractivity contribution in [3.8, 4) is 11.5 Å². The third-order valence-electron chi connectivity index (χ3n) is 6.25. The van der Waals surface area contributed by atoms with E-state index in [9.17, 15) is 31.1 Å². The molecule has 200 valence electrons. The SMILES string of the molecule is O=C(c1cc2c(cc1F)OC(c1ccc(C(F)(F)F)cc1)(c1ccc(C(F)(F)F)cc1)O2)N1CCOCC1. The fraction of sp³-hybridized carbons (Fsp3) is 0.269. The zero-order valence-corrected chi connectivity index (χ0v) is 19.3. The van der Waals surface area contributed by atoms with Crippen molar-refractivity contribution in [1.29, 1.82) is 0 Å². The van der Waals surface area contributed by atoms with E-state index in [2.05, 4.69) is 0 Å². The molecular formula is C26H18F7NO4. The van der Waals surface area contributed by atoms with Crippen molar-refractivity contribution in [1.82, 2.24) is 4.90 Å². The Morgan fingerprint density at radius 1 is 0.737 bits per heavy atom. The zero-order chi connectivity index (χ0) is 27.3. The van der Waals surface area contributed by atoms with Crippen molar-refractivity contribution >= 4 is 5.91 Å². The van der Waals surface area contributed by atoms with Gasteiger partial charge in [-0.3, -0.25) is 4.79 Å². The number of alkyl halides is 6. The molecule has 0 unspecified atom stereocenters. The van der Waals surface area contributed by atoms with Gasteiger partial charge in [-0.15, -0.1) is 0 Å². The summed E-state index contributed by atoms with van der Waals surface area (Å²) in [4.78, 5) is 14.3. The van der Waals surface area contributed by atoms with Crippen molar-refractivity contribution in [3.63, 3.8) is 0 Å². The summed E-state index contributed by atoms with van der Waals surface area (Å²) in [5.74, 6) is -3.90. The molecule has 0 N–H and O–H groups in total. The average molecular weight is 541 g/mol. The van der Waals surface area contributed by atoms with Crippen molar-refractivity contribution in [2.45, 2.75) is 18.1 Å². The summed E-state index contributed by atoms with van der Waals surface area (Å²) in [6.07, 6.45) is -9.28. The summed E-state index contributed by atoms with van der Waals surface area (Å²) in [6, 6.07) is 9.32. The summed E-state index contributed by atoms with van der Waals surface area (Å²) in [5, 5.41) is 0. The molecule has 1 saturated heterocycles. The Morgan fingerprint density at radius 3 is 1.63 bits per heavy atom. The summed E-state index contributed by atoms with van der Waals surface area (Å²) in [6.45, 7) is 1.05. The van der Waals surface area contributed by atoms with Crippen LogP contribution >= 0.6 is 0 Å². The normalized spacial score (nSPS) is 17.0. The molecule has 0 spiro atoms. The van der Waals surface area contributed by atoms with Gasteiger partial charge in [-0.2, -0.15) is 26.3 Å². The Hall–Kier alpha value is -3.80. The lowest BCUT2D eigenvalue weighted by molar-refractivity contribution is -0.138. The van der Waals surface area contributed by atoms with E-state index in [1.54, 1.807) is 0 Å². The maximum Gasteiger partial charge on any atom is 0.416 e. The van der Waals surface area contributed by atoms with E-state index in [0.717, 1.165) is 60.7 Å². The maximum absolute atomic E-state index is 15.0. The van der Waals surface area contributed by atoms with Crippen LogP contribution in [0.25, 0.3) is 0 Å². The molecule has 1 amide bonds. The molecule has 0 bridgehead atoms. The molecule has 12 heteroatoms. The van der Waals surface area contributed by atoms with Crippen LogP contribution in [-0.4, -0.2) is 37.1 Å². The Labute approximate surface area is 211 Å². The number of benzene rings is 3. The van der Waals surface area contributed by atoms with E-state index in [1.807, 2.05) is 0 Å². The highest BCUT2D eigenvalue weighted by Crippen LogP contribution is 2.49. The highest BCUT2D eigenvalue weighted by Gasteiger charge is 2.47. The first-order chi connectivity index (χ1) is 17.9. The standard InChI is InChI=1S/C26H18F7NO4/c27-20-14-22-21(13-19(20)23(35)34-9-11-36-12-10-34)37-24(38-22,15-1-5-17(6-2-15)25(28,29)30)16-3-7-18(8-4-16)26(31,32)33/h1-8,13-14H,9-12H2. The number of fused-ring (bicyclic) bond motifs is 1. The van der Waals surface area contributed by atoms with Crippen molar-refractivity contribution < 1.29 is 49.7 Å². The molecule has 0 radical (unpaired) electrons. The molecule has 38 heavy (non-hydrogen) atoms. The highest BCUT2D eigenvalue weighted by atomic mass is 19.4. The van der Waals surface area contributed by atoms with Gasteiger partial charge in [0.05, 0.1) is 29.9 Å². The molecule has 3 aromatic rings. The Bertz CT molecular complexity index is 1290. The first-order valence-electron chi connectivity index (χ1n) is 11.3. The monoisotopic (exact) mass is 541 g/mol. The van der Waals surface area contributed by atoms with Crippen LogP contribution in [0.4, 0.5) is 30.7 Å². The number of hydrogen-bond donors (Lipinski definition) is 0. The lowest BCUT2D eigenvalue weighted by Gasteiger charge is -2.29. The van der Waals surface area contributed by atoms with Gasteiger partial charge in [0.25, 0.3) is 5.91 Å². The van der Waals surface area contributed by atoms with Crippen molar-refractivity contribution in [2.75, 3.05) is 26.3 Å². The van der Waals surface area contributed by atoms with Gasteiger partial charge in [-0.05, 0) is 30.3 Å². The lowest BCUT2D eigenvalue weighted by Crippen LogP contribution is -2.41. The van der Waals surface area contributed by atoms with Crippen LogP contribution in [0.3, 0.4) is 0 Å². The second-order valence-corrected chi connectivity index (χ2v) is 8.65. The molecule has 2 heterocycles. The number of hydrogen-bond acceptors (Lipinski definition) is 4. The number of carbonyl (C=O) groups excluding carboxylic acids is 1. The quantitative estimate of drug-likeness (QED) is 0.382. The number of ether oxygens (including phenoxy) is 3. The van der Waals surface area contributed by atoms with Gasteiger partial charge in [-0.1, -0.05) is 24.3 Å². The number of rotatable bonds is 3. The molecule has 5 nitrogen and oxygen atoms in total. The predicted molar refractivity (Wildman–Crippen MR) is 118 cm³/mol. The smallest absolute Gasteiger partial charge is 0.416 e. The lowest BCUT2D eigenvalue weighted by atomic mass is 9.95. The molecule has 0 aliphatic carbocycles. The van der Waals surface area contributed by atoms with Crippen LogP contribution < -0.4 is 9.47 Å². The molecule has 0 aromatic heterocycles. The zero-order valence-electron chi connectivity index (χ0n) is 19.3. The molecule has 3 aromatic carbocycles. The molecule has 2 aliphatic heterocycles. The minimum Gasteiger partial charge on any atom is -0.440 e. The van der Waals surface area contributed by atoms with E-state index in [-0.39, 0.29) is 54.5 Å². The van der Waals surface area contributed by atoms with E-state index >= 15 is 4.39 Å². The van der Waals surface area contributed by atoms with Gasteiger partial charge in [0, 0.05) is 30.3 Å². The molecule has 0 saturated carbocycles. The second-order valence-electron chi connectivity index (χ2n) is 8.65. The topological polar surface area (TPSA) is 48.0 Å². The minimum atomic E-state index is -4.64. The van der Waals surface area contributed by atoms with E-state index in [0.29, 0.717) is 0 Å². The van der Waals surface area contributed by atoms with Gasteiger partial charge >= 0.3 is 18.1 Å². The molecule has 0 atom stereocenters. The first kappa shape index (κ1) is 25.8. The summed E-state index contributed by atoms with van der Waals surface area (Å²) in [5.41, 5.74) is -2.26. The van der Waals surface area contributed by atoms with Crippen molar-refractivity contribution in [2.24, 2.45) is 0 Å². The largest absolute Gasteiger partial charge is 0.440 e. The minimum absolute atomic E-state index is 0.00271. The molecule has 5 rings (SSSR count). The third-order valence-corrected chi connectivity index (χ3v) is 6.25. The van der Waals surface area contributed by atoms with E-state index < -0.39 is 41.0 Å². The second kappa shape index (κ2) is 9.19. The van der Waals surface area contributed by atoms with Gasteiger partial charge < -0.3 is 19.1 Å². The van der Waals surface area contributed by atoms with Crippen LogP contribution in [0, 0.1) is 5.82 Å². The molecular weight excluding hydrogens is 523 g/mol. The van der Waals surface area contributed by atoms with Crippen LogP contribution in [0.2, 0.25) is 0 Å². The van der Waals surface area contributed by atoms with E-state index in [4.69, 9.17) is 14.2 Å². The number of halogens is 7. The summed E-state index contributed by atoms with van der Waals surface area (Å²) in [7, 11) is 0. The number of nitrogens with zero attached hydrogens (tertiary/aromatic N) is 1. The average Bonchev–Trinajstić information content (AvgIpc) is 3.27. The van der Waals surface area contributed by atoms with E-state index in [1.165, 1.54) is 4.90 Å². The van der Waals surface area contributed by atoms with Crippen LogP contribution in [0.1, 0.15) is 32.6 Å². The number of carbonyl (C=O) groups is 1. The first-order valence-corrected chi connectivity index (χ1v) is 11.3. The van der Waals surface area contributed by atoms with Crippen molar-refractivity contribution in [3.05, 3.63) is 94.3 Å². The van der Waals surface area contributed by atoms with Gasteiger partial charge in [-0.25, -0.2) is 4.39 Å². The summed E-state index contributed by atoms with van der Waals surface area (Å²) >= 11 is 0. The number of amides is 1. The number of morpholine rings is 1. The Morgan fingerprint density at radius 2 is 1.18 bits per heavy atom. The van der Waals surface area contributed by atoms with Crippen LogP contribution in [0.15, 0.2) is 60.7 Å². The Balaban J connectivity index is 1.57. The molecule has 2 aliphatic rings. The predicted octanol–water partition coefficient (Wildman–Crippen LogP) is 6.01. The Kier molecular flexibility index (Phi) is 6.25.